The molecule has 1 aliphatic rings. The van der Waals surface area contributed by atoms with Crippen LogP contribution in [0.4, 0.5) is 22.8 Å². The number of nitrogens with one attached hydrogen (secondary N) is 1. The van der Waals surface area contributed by atoms with E-state index < -0.39 is 58.0 Å². The number of fused-ring (bicyclic) bond motifs is 1. The summed E-state index contributed by atoms with van der Waals surface area (Å²) in [6.07, 6.45) is -0.786. The SMILES string of the molecule is COC(=O)NC(C(=O)C1CCCN1C(=O)OCC(=O)c1ccc2cc(OS(=O)(=O)C(F)(F)F)ccc2c1)C(C)C. The molecule has 15 heteroatoms. The van der Waals surface area contributed by atoms with Gasteiger partial charge in [0.25, 0.3) is 0 Å². The number of halogens is 3. The number of alkyl halides is 3. The average Bonchev–Trinajstić information content (AvgIpc) is 3.38. The number of carbonyl (C=O) groups is 4. The van der Waals surface area contributed by atoms with E-state index in [9.17, 15) is 40.8 Å². The fraction of sp³-hybridized carbons (Fsp3) is 0.440. The van der Waals surface area contributed by atoms with Crippen LogP contribution in [0, 0.1) is 5.92 Å². The summed E-state index contributed by atoms with van der Waals surface area (Å²) in [6, 6.07) is 5.67. The summed E-state index contributed by atoms with van der Waals surface area (Å²) >= 11 is 0. The molecule has 2 unspecified atom stereocenters. The van der Waals surface area contributed by atoms with Crippen LogP contribution in [0.3, 0.4) is 0 Å². The van der Waals surface area contributed by atoms with Gasteiger partial charge in [0, 0.05) is 12.1 Å². The third-order valence-corrected chi connectivity index (χ3v) is 7.18. The summed E-state index contributed by atoms with van der Waals surface area (Å²) in [6.45, 7) is 3.03. The van der Waals surface area contributed by atoms with Gasteiger partial charge >= 0.3 is 27.8 Å². The molecule has 218 valence electrons. The standard InChI is InChI=1S/C25H27F3N2O9S/c1-14(2)21(29-23(33)37-3)22(32)19-5-4-10-30(19)24(34)38-13-20(31)17-7-6-16-12-18(9-8-15(16)11-17)39-40(35,36)25(26,27)28/h6-9,11-12,14,19,21H,4-5,10,13H2,1-3H3,(H,29,33). The highest BCUT2D eigenvalue weighted by atomic mass is 32.2. The van der Waals surface area contributed by atoms with Gasteiger partial charge in [-0.25, -0.2) is 9.59 Å². The highest BCUT2D eigenvalue weighted by Crippen LogP contribution is 2.29. The number of rotatable bonds is 9. The second-order valence-corrected chi connectivity index (χ2v) is 10.8. The van der Waals surface area contributed by atoms with Crippen LogP contribution in [-0.2, 0) is 24.4 Å². The minimum atomic E-state index is -5.84. The van der Waals surface area contributed by atoms with Gasteiger partial charge in [0.15, 0.2) is 18.2 Å². The molecule has 0 saturated carbocycles. The Morgan fingerprint density at radius 1 is 1.07 bits per heavy atom. The van der Waals surface area contributed by atoms with E-state index in [1.807, 2.05) is 0 Å². The van der Waals surface area contributed by atoms with E-state index in [0.29, 0.717) is 23.6 Å². The lowest BCUT2D eigenvalue weighted by atomic mass is 9.94. The summed E-state index contributed by atoms with van der Waals surface area (Å²) in [5, 5.41) is 3.16. The zero-order valence-electron chi connectivity index (χ0n) is 21.7. The Hall–Kier alpha value is -3.88. The number of amides is 2. The molecule has 2 aromatic carbocycles. The first-order valence-corrected chi connectivity index (χ1v) is 13.4. The van der Waals surface area contributed by atoms with E-state index in [-0.39, 0.29) is 23.8 Å². The van der Waals surface area contributed by atoms with Gasteiger partial charge in [-0.15, -0.1) is 0 Å². The van der Waals surface area contributed by atoms with Gasteiger partial charge in [0.1, 0.15) is 5.75 Å². The quantitative estimate of drug-likeness (QED) is 0.263. The largest absolute Gasteiger partial charge is 0.534 e. The van der Waals surface area contributed by atoms with Gasteiger partial charge in [-0.3, -0.25) is 14.5 Å². The first-order chi connectivity index (χ1) is 18.6. The van der Waals surface area contributed by atoms with Crippen molar-refractivity contribution in [2.24, 2.45) is 5.92 Å². The van der Waals surface area contributed by atoms with Gasteiger partial charge in [-0.2, -0.15) is 21.6 Å². The van der Waals surface area contributed by atoms with Crippen LogP contribution < -0.4 is 9.50 Å². The van der Waals surface area contributed by atoms with Crippen molar-refractivity contribution in [2.75, 3.05) is 20.3 Å². The van der Waals surface area contributed by atoms with Crippen molar-refractivity contribution in [2.45, 2.75) is 44.3 Å². The first kappa shape index (κ1) is 30.7. The number of methoxy groups -OCH3 is 1. The lowest BCUT2D eigenvalue weighted by Gasteiger charge is -2.28. The number of nitrogens with zero attached hydrogens (tertiary/aromatic N) is 1. The molecule has 0 bridgehead atoms. The number of hydrogen-bond donors (Lipinski definition) is 1. The van der Waals surface area contributed by atoms with Crippen LogP contribution in [-0.4, -0.2) is 74.9 Å². The zero-order valence-corrected chi connectivity index (χ0v) is 22.5. The lowest BCUT2D eigenvalue weighted by Crippen LogP contribution is -2.52. The zero-order chi connectivity index (χ0) is 29.8. The number of carbonyl (C=O) groups excluding carboxylic acids is 4. The number of Topliss-reactive ketones (excluding diaryl/α,β-unsaturated/α-hetero) is 2. The molecule has 3 rings (SSSR count). The van der Waals surface area contributed by atoms with Crippen LogP contribution in [0.5, 0.6) is 5.75 Å². The second kappa shape index (κ2) is 12.1. The van der Waals surface area contributed by atoms with Crippen LogP contribution in [0.25, 0.3) is 10.8 Å². The maximum absolute atomic E-state index is 13.1. The third-order valence-electron chi connectivity index (χ3n) is 6.20. The van der Waals surface area contributed by atoms with Gasteiger partial charge in [0.05, 0.1) is 19.2 Å². The van der Waals surface area contributed by atoms with E-state index >= 15 is 0 Å². The van der Waals surface area contributed by atoms with E-state index in [2.05, 4.69) is 14.2 Å². The maximum Gasteiger partial charge on any atom is 0.534 e. The van der Waals surface area contributed by atoms with Gasteiger partial charge in [0.2, 0.25) is 0 Å². The number of ether oxygens (including phenoxy) is 2. The molecule has 1 saturated heterocycles. The fourth-order valence-corrected chi connectivity index (χ4v) is 4.61. The van der Waals surface area contributed by atoms with Crippen molar-refractivity contribution in [1.29, 1.82) is 0 Å². The molecule has 0 radical (unpaired) electrons. The number of likely N-dealkylation sites (tertiary alicyclic amines) is 1. The van der Waals surface area contributed by atoms with Crippen LogP contribution >= 0.6 is 0 Å². The number of hydrogen-bond acceptors (Lipinski definition) is 9. The third kappa shape index (κ3) is 7.00. The first-order valence-electron chi connectivity index (χ1n) is 12.0. The minimum absolute atomic E-state index is 0.119. The van der Waals surface area contributed by atoms with Crippen LogP contribution in [0.1, 0.15) is 37.0 Å². The Morgan fingerprint density at radius 3 is 2.35 bits per heavy atom. The molecule has 0 spiro atoms. The van der Waals surface area contributed by atoms with Crippen molar-refractivity contribution < 1.29 is 54.4 Å². The molecule has 2 amide bonds. The number of benzene rings is 2. The predicted molar refractivity (Wildman–Crippen MR) is 134 cm³/mol. The summed E-state index contributed by atoms with van der Waals surface area (Å²) in [4.78, 5) is 51.4. The van der Waals surface area contributed by atoms with Crippen LogP contribution in [0.2, 0.25) is 0 Å². The fourth-order valence-electron chi connectivity index (χ4n) is 4.16. The highest BCUT2D eigenvalue weighted by Gasteiger charge is 2.48. The molecule has 2 aromatic rings. The van der Waals surface area contributed by atoms with Crippen molar-refractivity contribution in [1.82, 2.24) is 10.2 Å². The molecule has 0 aromatic heterocycles. The molecule has 11 nitrogen and oxygen atoms in total. The number of ketones is 2. The highest BCUT2D eigenvalue weighted by molar-refractivity contribution is 7.88. The normalized spacial score (nSPS) is 16.5. The smallest absolute Gasteiger partial charge is 0.453 e. The molecule has 1 N–H and O–H groups in total. The van der Waals surface area contributed by atoms with Gasteiger partial charge in [-0.05, 0) is 47.7 Å². The molecule has 40 heavy (non-hydrogen) atoms. The minimum Gasteiger partial charge on any atom is -0.453 e. The topological polar surface area (TPSA) is 145 Å². The van der Waals surface area contributed by atoms with Crippen molar-refractivity contribution >= 4 is 44.6 Å². The Balaban J connectivity index is 1.65. The molecule has 1 fully saturated rings. The monoisotopic (exact) mass is 588 g/mol. The van der Waals surface area contributed by atoms with Crippen LogP contribution in [0.15, 0.2) is 36.4 Å². The Labute approximate surface area is 227 Å². The molecule has 1 aliphatic heterocycles. The van der Waals surface area contributed by atoms with Crippen molar-refractivity contribution in [3.63, 3.8) is 0 Å². The van der Waals surface area contributed by atoms with E-state index in [1.165, 1.54) is 36.3 Å². The van der Waals surface area contributed by atoms with E-state index in [1.54, 1.807) is 13.8 Å². The maximum atomic E-state index is 13.1. The lowest BCUT2D eigenvalue weighted by molar-refractivity contribution is -0.125. The molecular formula is C25H27F3N2O9S. The molecule has 1 heterocycles. The van der Waals surface area contributed by atoms with Crippen molar-refractivity contribution in [3.8, 4) is 5.75 Å². The van der Waals surface area contributed by atoms with Gasteiger partial charge < -0.3 is 19.0 Å². The summed E-state index contributed by atoms with van der Waals surface area (Å²) < 4.78 is 74.0. The Bertz CT molecular complexity index is 1410. The molecular weight excluding hydrogens is 561 g/mol. The summed E-state index contributed by atoms with van der Waals surface area (Å²) in [5.41, 5.74) is -5.47. The van der Waals surface area contributed by atoms with Gasteiger partial charge in [-0.1, -0.05) is 32.0 Å². The Kier molecular flexibility index (Phi) is 9.28. The summed E-state index contributed by atoms with van der Waals surface area (Å²) in [5.74, 6) is -1.82. The average molecular weight is 589 g/mol. The predicted octanol–water partition coefficient (Wildman–Crippen LogP) is 3.80. The second-order valence-electron chi connectivity index (χ2n) is 9.30. The van der Waals surface area contributed by atoms with E-state index in [0.717, 1.165) is 12.1 Å². The van der Waals surface area contributed by atoms with Crippen molar-refractivity contribution in [3.05, 3.63) is 42.0 Å². The Morgan fingerprint density at radius 2 is 1.73 bits per heavy atom. The molecule has 0 aliphatic carbocycles. The van der Waals surface area contributed by atoms with E-state index in [4.69, 9.17) is 4.74 Å². The number of alkyl carbamates (subject to hydrolysis) is 1. The molecule has 2 atom stereocenters. The summed E-state index contributed by atoms with van der Waals surface area (Å²) in [7, 11) is -4.67.